The SMILES string of the molecule is CC(C)(C)OC(=O)Cc1nnc(Cc2nc3ccc(-c4cnccn4)cc3s2)o1. The van der Waals surface area contributed by atoms with Crippen LogP contribution in [0.3, 0.4) is 0 Å². The summed E-state index contributed by atoms with van der Waals surface area (Å²) in [6.07, 6.45) is 5.40. The minimum atomic E-state index is -0.550. The number of esters is 1. The Bertz CT molecular complexity index is 1150. The third-order valence-corrected chi connectivity index (χ3v) is 4.84. The Morgan fingerprint density at radius 1 is 1.17 bits per heavy atom. The minimum Gasteiger partial charge on any atom is -0.460 e. The number of benzene rings is 1. The fourth-order valence-electron chi connectivity index (χ4n) is 2.72. The van der Waals surface area contributed by atoms with Gasteiger partial charge in [0.25, 0.3) is 0 Å². The molecule has 3 heterocycles. The van der Waals surface area contributed by atoms with Crippen molar-refractivity contribution in [2.24, 2.45) is 0 Å². The molecule has 0 fully saturated rings. The van der Waals surface area contributed by atoms with Gasteiger partial charge >= 0.3 is 5.97 Å². The van der Waals surface area contributed by atoms with Crippen molar-refractivity contribution in [3.63, 3.8) is 0 Å². The zero-order chi connectivity index (χ0) is 20.4. The molecule has 0 N–H and O–H groups in total. The zero-order valence-corrected chi connectivity index (χ0v) is 17.1. The van der Waals surface area contributed by atoms with Gasteiger partial charge in [0.1, 0.15) is 17.0 Å². The van der Waals surface area contributed by atoms with E-state index in [0.29, 0.717) is 12.3 Å². The molecule has 0 spiro atoms. The molecule has 4 aromatic rings. The van der Waals surface area contributed by atoms with Crippen molar-refractivity contribution in [2.75, 3.05) is 0 Å². The Kier molecular flexibility index (Phi) is 5.06. The second-order valence-electron chi connectivity index (χ2n) is 7.41. The highest BCUT2D eigenvalue weighted by Crippen LogP contribution is 2.28. The number of aromatic nitrogens is 5. The molecule has 0 amide bonds. The van der Waals surface area contributed by atoms with Crippen LogP contribution in [-0.4, -0.2) is 36.7 Å². The van der Waals surface area contributed by atoms with Crippen molar-refractivity contribution in [1.29, 1.82) is 0 Å². The largest absolute Gasteiger partial charge is 0.460 e. The van der Waals surface area contributed by atoms with Crippen molar-refractivity contribution in [3.8, 4) is 11.3 Å². The molecule has 29 heavy (non-hydrogen) atoms. The number of hydrogen-bond donors (Lipinski definition) is 0. The maximum absolute atomic E-state index is 11.9. The lowest BCUT2D eigenvalue weighted by Gasteiger charge is -2.18. The summed E-state index contributed by atoms with van der Waals surface area (Å²) in [6.45, 7) is 5.44. The lowest BCUT2D eigenvalue weighted by Crippen LogP contribution is -2.24. The Balaban J connectivity index is 1.47. The predicted molar refractivity (Wildman–Crippen MR) is 107 cm³/mol. The van der Waals surface area contributed by atoms with E-state index in [2.05, 4.69) is 25.1 Å². The summed E-state index contributed by atoms with van der Waals surface area (Å²) in [5.74, 6) is 0.251. The average Bonchev–Trinajstić information content (AvgIpc) is 3.26. The second kappa shape index (κ2) is 7.67. The molecule has 9 heteroatoms. The van der Waals surface area contributed by atoms with E-state index in [9.17, 15) is 4.79 Å². The van der Waals surface area contributed by atoms with Gasteiger partial charge in [-0.2, -0.15) is 0 Å². The number of ether oxygens (including phenoxy) is 1. The van der Waals surface area contributed by atoms with Gasteiger partial charge in [-0.15, -0.1) is 21.5 Å². The lowest BCUT2D eigenvalue weighted by atomic mass is 10.1. The predicted octanol–water partition coefficient (Wildman–Crippen LogP) is 3.61. The van der Waals surface area contributed by atoms with E-state index in [1.54, 1.807) is 29.9 Å². The number of rotatable bonds is 5. The number of nitrogens with zero attached hydrogens (tertiary/aromatic N) is 5. The van der Waals surface area contributed by atoms with E-state index in [4.69, 9.17) is 9.15 Å². The molecule has 3 aromatic heterocycles. The first kappa shape index (κ1) is 19.1. The van der Waals surface area contributed by atoms with E-state index in [0.717, 1.165) is 26.5 Å². The smallest absolute Gasteiger partial charge is 0.315 e. The van der Waals surface area contributed by atoms with E-state index in [1.807, 2.05) is 39.0 Å². The van der Waals surface area contributed by atoms with Gasteiger partial charge in [-0.3, -0.25) is 14.8 Å². The summed E-state index contributed by atoms with van der Waals surface area (Å²) in [7, 11) is 0. The van der Waals surface area contributed by atoms with Crippen LogP contribution >= 0.6 is 11.3 Å². The average molecular weight is 409 g/mol. The molecule has 0 radical (unpaired) electrons. The van der Waals surface area contributed by atoms with Crippen LogP contribution < -0.4 is 0 Å². The molecule has 0 aliphatic heterocycles. The molecule has 4 rings (SSSR count). The molecule has 148 valence electrons. The normalized spacial score (nSPS) is 11.7. The van der Waals surface area contributed by atoms with Crippen molar-refractivity contribution in [1.82, 2.24) is 25.1 Å². The van der Waals surface area contributed by atoms with Gasteiger partial charge in [0, 0.05) is 18.0 Å². The molecule has 0 bridgehead atoms. The number of hydrogen-bond acceptors (Lipinski definition) is 9. The third kappa shape index (κ3) is 4.80. The van der Waals surface area contributed by atoms with Crippen molar-refractivity contribution >= 4 is 27.5 Å². The van der Waals surface area contributed by atoms with Crippen LogP contribution in [0.1, 0.15) is 37.6 Å². The summed E-state index contributed by atoms with van der Waals surface area (Å²) >= 11 is 1.55. The quantitative estimate of drug-likeness (QED) is 0.461. The molecule has 0 saturated heterocycles. The van der Waals surface area contributed by atoms with Crippen LogP contribution in [0.5, 0.6) is 0 Å². The van der Waals surface area contributed by atoms with E-state index < -0.39 is 11.6 Å². The lowest BCUT2D eigenvalue weighted by molar-refractivity contribution is -0.154. The number of thiazole rings is 1. The number of fused-ring (bicyclic) bond motifs is 1. The maximum Gasteiger partial charge on any atom is 0.315 e. The summed E-state index contributed by atoms with van der Waals surface area (Å²) in [5.41, 5.74) is 2.14. The second-order valence-corrected chi connectivity index (χ2v) is 8.53. The minimum absolute atomic E-state index is 0.0500. The fourth-order valence-corrected chi connectivity index (χ4v) is 3.71. The van der Waals surface area contributed by atoms with Gasteiger partial charge in [0.05, 0.1) is 28.5 Å². The molecule has 0 aliphatic rings. The highest BCUT2D eigenvalue weighted by Gasteiger charge is 2.19. The van der Waals surface area contributed by atoms with Crippen LogP contribution in [-0.2, 0) is 22.4 Å². The van der Waals surface area contributed by atoms with Gasteiger partial charge in [-0.25, -0.2) is 4.98 Å². The molecular weight excluding hydrogens is 390 g/mol. The van der Waals surface area contributed by atoms with Crippen molar-refractivity contribution < 1.29 is 13.9 Å². The van der Waals surface area contributed by atoms with E-state index in [1.165, 1.54) is 0 Å². The van der Waals surface area contributed by atoms with Gasteiger partial charge in [-0.1, -0.05) is 6.07 Å². The maximum atomic E-state index is 11.9. The van der Waals surface area contributed by atoms with Crippen molar-refractivity contribution in [2.45, 2.75) is 39.2 Å². The number of carbonyl (C=O) groups excluding carboxylic acids is 1. The summed E-state index contributed by atoms with van der Waals surface area (Å²) in [6, 6.07) is 5.98. The van der Waals surface area contributed by atoms with Crippen molar-refractivity contribution in [3.05, 3.63) is 53.6 Å². The number of carbonyl (C=O) groups is 1. The first-order chi connectivity index (χ1) is 13.9. The molecular formula is C20H19N5O3S. The molecule has 0 unspecified atom stereocenters. The first-order valence-corrected chi connectivity index (χ1v) is 9.86. The van der Waals surface area contributed by atoms with E-state index >= 15 is 0 Å². The summed E-state index contributed by atoms with van der Waals surface area (Å²) in [4.78, 5) is 25.0. The van der Waals surface area contributed by atoms with Gasteiger partial charge in [0.15, 0.2) is 0 Å². The molecule has 0 aliphatic carbocycles. The molecule has 0 atom stereocenters. The molecule has 0 saturated carbocycles. The Morgan fingerprint density at radius 2 is 2.00 bits per heavy atom. The highest BCUT2D eigenvalue weighted by atomic mass is 32.1. The van der Waals surface area contributed by atoms with Gasteiger partial charge < -0.3 is 9.15 Å². The van der Waals surface area contributed by atoms with E-state index in [-0.39, 0.29) is 12.3 Å². The van der Waals surface area contributed by atoms with Crippen LogP contribution in [0.15, 0.2) is 41.2 Å². The Hall–Kier alpha value is -3.20. The third-order valence-electron chi connectivity index (χ3n) is 3.82. The van der Waals surface area contributed by atoms with Crippen LogP contribution in [0.2, 0.25) is 0 Å². The Labute approximate surface area is 171 Å². The summed E-state index contributed by atoms with van der Waals surface area (Å²) in [5, 5.41) is 8.81. The standard InChI is InChI=1S/C20H19N5O3S/c1-20(2,3)28-19(26)10-17-25-24-16(27-17)9-18-23-13-5-4-12(8-15(13)29-18)14-11-21-6-7-22-14/h4-8,11H,9-10H2,1-3H3. The molecule has 8 nitrogen and oxygen atoms in total. The summed E-state index contributed by atoms with van der Waals surface area (Å²) < 4.78 is 11.9. The zero-order valence-electron chi connectivity index (χ0n) is 16.2. The molecule has 1 aromatic carbocycles. The monoisotopic (exact) mass is 409 g/mol. The first-order valence-electron chi connectivity index (χ1n) is 9.05. The van der Waals surface area contributed by atoms with Crippen LogP contribution in [0, 0.1) is 0 Å². The fraction of sp³-hybridized carbons (Fsp3) is 0.300. The van der Waals surface area contributed by atoms with Gasteiger partial charge in [0.2, 0.25) is 11.8 Å². The highest BCUT2D eigenvalue weighted by molar-refractivity contribution is 7.18. The topological polar surface area (TPSA) is 104 Å². The van der Waals surface area contributed by atoms with Gasteiger partial charge in [-0.05, 0) is 32.9 Å². The Morgan fingerprint density at radius 3 is 2.76 bits per heavy atom. The van der Waals surface area contributed by atoms with Crippen LogP contribution in [0.25, 0.3) is 21.5 Å². The van der Waals surface area contributed by atoms with Crippen LogP contribution in [0.4, 0.5) is 0 Å².